The van der Waals surface area contributed by atoms with Gasteiger partial charge in [-0.15, -0.1) is 0 Å². The van der Waals surface area contributed by atoms with E-state index in [1.165, 1.54) is 11.3 Å². The fourth-order valence-corrected chi connectivity index (χ4v) is 3.44. The van der Waals surface area contributed by atoms with Crippen molar-refractivity contribution < 1.29 is 0 Å². The summed E-state index contributed by atoms with van der Waals surface area (Å²) in [4.78, 5) is 20.6. The maximum atomic E-state index is 12.2. The zero-order valence-corrected chi connectivity index (χ0v) is 10.9. The van der Waals surface area contributed by atoms with Gasteiger partial charge in [0.15, 0.2) is 4.80 Å². The van der Waals surface area contributed by atoms with E-state index in [1.807, 2.05) is 30.5 Å². The van der Waals surface area contributed by atoms with Gasteiger partial charge in [-0.2, -0.15) is 0 Å². The summed E-state index contributed by atoms with van der Waals surface area (Å²) >= 11 is 1.47. The minimum absolute atomic E-state index is 0.0755. The molecule has 19 heavy (non-hydrogen) atoms. The minimum atomic E-state index is 0.0755. The topological polar surface area (TPSA) is 50.1 Å². The average molecular weight is 269 g/mol. The van der Waals surface area contributed by atoms with Crippen molar-refractivity contribution in [3.63, 3.8) is 0 Å². The monoisotopic (exact) mass is 269 g/mol. The Hall–Kier alpha value is -2.14. The fraction of sp³-hybridized carbons (Fsp3) is 0.143. The highest BCUT2D eigenvalue weighted by Crippen LogP contribution is 2.17. The third-order valence-electron chi connectivity index (χ3n) is 3.37. The number of thiazole rings is 1. The van der Waals surface area contributed by atoms with Crippen molar-refractivity contribution in [2.75, 3.05) is 6.54 Å². The maximum absolute atomic E-state index is 12.2. The van der Waals surface area contributed by atoms with E-state index < -0.39 is 0 Å². The number of aromatic nitrogens is 2. The van der Waals surface area contributed by atoms with Crippen LogP contribution in [0.3, 0.4) is 0 Å². The quantitative estimate of drug-likeness (QED) is 0.699. The predicted octanol–water partition coefficient (Wildman–Crippen LogP) is 0.853. The number of nitrogens with zero attached hydrogens (tertiary/aromatic N) is 2. The van der Waals surface area contributed by atoms with Crippen LogP contribution < -0.4 is 14.9 Å². The summed E-state index contributed by atoms with van der Waals surface area (Å²) in [6, 6.07) is 8.09. The molecule has 1 N–H and O–H groups in total. The van der Waals surface area contributed by atoms with Crippen molar-refractivity contribution >= 4 is 28.3 Å². The number of hydrogen-bond acceptors (Lipinski definition) is 3. The van der Waals surface area contributed by atoms with Gasteiger partial charge in [-0.3, -0.25) is 14.4 Å². The summed E-state index contributed by atoms with van der Waals surface area (Å²) in [5.41, 5.74) is 2.21. The zero-order valence-electron chi connectivity index (χ0n) is 10.1. The lowest BCUT2D eigenvalue weighted by molar-refractivity contribution is 0.740. The molecule has 0 amide bonds. The van der Waals surface area contributed by atoms with Crippen LogP contribution >= 0.6 is 11.3 Å². The predicted molar refractivity (Wildman–Crippen MR) is 76.1 cm³/mol. The number of hydrogen-bond donors (Lipinski definition) is 1. The first-order valence-electron chi connectivity index (χ1n) is 6.15. The summed E-state index contributed by atoms with van der Waals surface area (Å²) in [7, 11) is 0. The lowest BCUT2D eigenvalue weighted by Crippen LogP contribution is -2.29. The van der Waals surface area contributed by atoms with Gasteiger partial charge in [-0.05, 0) is 12.1 Å². The largest absolute Gasteiger partial charge is 0.361 e. The van der Waals surface area contributed by atoms with E-state index in [0.717, 1.165) is 32.3 Å². The smallest absolute Gasteiger partial charge is 0.270 e. The van der Waals surface area contributed by atoms with E-state index in [-0.39, 0.29) is 5.56 Å². The van der Waals surface area contributed by atoms with E-state index in [1.54, 1.807) is 4.57 Å². The Kier molecular flexibility index (Phi) is 2.22. The molecule has 1 aliphatic rings. The molecule has 0 radical (unpaired) electrons. The Balaban J connectivity index is 2.00. The van der Waals surface area contributed by atoms with Crippen molar-refractivity contribution in [1.29, 1.82) is 0 Å². The van der Waals surface area contributed by atoms with Crippen molar-refractivity contribution in [2.45, 2.75) is 6.54 Å². The molecule has 4 rings (SSSR count). The molecular formula is C14H11N3OS. The number of para-hydroxylation sites is 1. The third kappa shape index (κ3) is 1.58. The molecule has 1 aromatic carbocycles. The van der Waals surface area contributed by atoms with Gasteiger partial charge < -0.3 is 4.98 Å². The van der Waals surface area contributed by atoms with E-state index in [2.05, 4.69) is 16.0 Å². The Morgan fingerprint density at radius 2 is 2.26 bits per heavy atom. The van der Waals surface area contributed by atoms with Crippen LogP contribution in [0.25, 0.3) is 17.0 Å². The molecule has 0 fully saturated rings. The molecular weight excluding hydrogens is 258 g/mol. The van der Waals surface area contributed by atoms with Crippen molar-refractivity contribution in [3.05, 3.63) is 55.7 Å². The highest BCUT2D eigenvalue weighted by atomic mass is 32.1. The van der Waals surface area contributed by atoms with Gasteiger partial charge in [0.2, 0.25) is 0 Å². The van der Waals surface area contributed by atoms with Crippen LogP contribution in [0.2, 0.25) is 0 Å². The van der Waals surface area contributed by atoms with Crippen LogP contribution in [-0.2, 0) is 6.54 Å². The Bertz CT molecular complexity index is 945. The lowest BCUT2D eigenvalue weighted by atomic mass is 10.2. The van der Waals surface area contributed by atoms with Crippen LogP contribution in [0.15, 0.2) is 40.2 Å². The normalized spacial score (nSPS) is 14.8. The van der Waals surface area contributed by atoms with Gasteiger partial charge in [0.25, 0.3) is 5.56 Å². The van der Waals surface area contributed by atoms with Gasteiger partial charge in [0.1, 0.15) is 0 Å². The number of nitrogens with one attached hydrogen (secondary N) is 1. The molecule has 1 aliphatic heterocycles. The molecule has 0 unspecified atom stereocenters. The van der Waals surface area contributed by atoms with Gasteiger partial charge in [0, 0.05) is 29.2 Å². The molecule has 5 heteroatoms. The standard InChI is InChI=1S/C14H11N3OS/c18-13-12(19-14-15-5-6-17(13)14)7-9-8-16-11-4-2-1-3-10(9)11/h1-4,7-8,16H,5-6H2. The Morgan fingerprint density at radius 1 is 1.37 bits per heavy atom. The number of rotatable bonds is 1. The van der Waals surface area contributed by atoms with Gasteiger partial charge >= 0.3 is 0 Å². The number of H-pyrrole nitrogens is 1. The molecule has 3 heterocycles. The Labute approximate surface area is 112 Å². The van der Waals surface area contributed by atoms with Crippen molar-refractivity contribution in [2.24, 2.45) is 4.99 Å². The molecule has 3 aromatic rings. The molecule has 0 spiro atoms. The van der Waals surface area contributed by atoms with Crippen molar-refractivity contribution in [3.8, 4) is 0 Å². The summed E-state index contributed by atoms with van der Waals surface area (Å²) in [5.74, 6) is 0. The molecule has 0 saturated carbocycles. The fourth-order valence-electron chi connectivity index (χ4n) is 2.42. The second kappa shape index (κ2) is 3.93. The highest BCUT2D eigenvalue weighted by Gasteiger charge is 2.10. The number of fused-ring (bicyclic) bond motifs is 2. The minimum Gasteiger partial charge on any atom is -0.361 e. The zero-order chi connectivity index (χ0) is 12.8. The van der Waals surface area contributed by atoms with E-state index >= 15 is 0 Å². The van der Waals surface area contributed by atoms with E-state index in [4.69, 9.17) is 0 Å². The molecule has 2 aromatic heterocycles. The van der Waals surface area contributed by atoms with Crippen LogP contribution in [0, 0.1) is 0 Å². The van der Waals surface area contributed by atoms with Crippen LogP contribution in [-0.4, -0.2) is 16.1 Å². The first-order chi connectivity index (χ1) is 9.33. The Morgan fingerprint density at radius 3 is 3.16 bits per heavy atom. The summed E-state index contributed by atoms with van der Waals surface area (Å²) in [6.45, 7) is 1.45. The molecule has 0 bridgehead atoms. The number of benzene rings is 1. The van der Waals surface area contributed by atoms with Crippen molar-refractivity contribution in [1.82, 2.24) is 9.55 Å². The molecule has 0 saturated heterocycles. The average Bonchev–Trinajstić information content (AvgIpc) is 3.10. The second-order valence-corrected chi connectivity index (χ2v) is 5.53. The first-order valence-corrected chi connectivity index (χ1v) is 6.96. The van der Waals surface area contributed by atoms with Gasteiger partial charge in [0.05, 0.1) is 11.1 Å². The van der Waals surface area contributed by atoms with Crippen LogP contribution in [0.5, 0.6) is 0 Å². The lowest BCUT2D eigenvalue weighted by Gasteiger charge is -1.89. The number of aromatic amines is 1. The SMILES string of the molecule is O=c1c(=Cc2c[nH]c3ccccc23)sc2n1CCN=2. The molecule has 0 aliphatic carbocycles. The van der Waals surface area contributed by atoms with E-state index in [0.29, 0.717) is 6.54 Å². The first kappa shape index (κ1) is 10.8. The summed E-state index contributed by atoms with van der Waals surface area (Å²) < 4.78 is 2.51. The second-order valence-electron chi connectivity index (χ2n) is 4.52. The maximum Gasteiger partial charge on any atom is 0.270 e. The molecule has 94 valence electrons. The van der Waals surface area contributed by atoms with Gasteiger partial charge in [-0.25, -0.2) is 0 Å². The molecule has 4 nitrogen and oxygen atoms in total. The van der Waals surface area contributed by atoms with E-state index in [9.17, 15) is 4.79 Å². The van der Waals surface area contributed by atoms with Crippen LogP contribution in [0.4, 0.5) is 0 Å². The summed E-state index contributed by atoms with van der Waals surface area (Å²) in [5, 5.41) is 1.14. The third-order valence-corrected chi connectivity index (χ3v) is 4.41. The molecule has 0 atom stereocenters. The highest BCUT2D eigenvalue weighted by molar-refractivity contribution is 7.07. The van der Waals surface area contributed by atoms with Crippen LogP contribution in [0.1, 0.15) is 5.56 Å². The van der Waals surface area contributed by atoms with Gasteiger partial charge in [-0.1, -0.05) is 29.5 Å². The summed E-state index contributed by atoms with van der Waals surface area (Å²) in [6.07, 6.45) is 3.89.